The van der Waals surface area contributed by atoms with Gasteiger partial charge in [-0.25, -0.2) is 0 Å². The molecular formula is C11H13N3O4. The molecule has 1 amide bonds. The summed E-state index contributed by atoms with van der Waals surface area (Å²) in [5.74, 6) is -0.374. The van der Waals surface area contributed by atoms with E-state index in [1.54, 1.807) is 6.07 Å². The van der Waals surface area contributed by atoms with E-state index in [2.05, 4.69) is 10.6 Å². The molecule has 1 aliphatic rings. The van der Waals surface area contributed by atoms with Gasteiger partial charge in [0.1, 0.15) is 5.69 Å². The van der Waals surface area contributed by atoms with Crippen LogP contribution in [0.5, 0.6) is 0 Å². The molecule has 0 bridgehead atoms. The number of β-amino-alcohol motifs (C(OH)–C–C–N with tert-alkyl or cyclic N) is 1. The normalized spacial score (nSPS) is 22.7. The van der Waals surface area contributed by atoms with E-state index in [1.165, 1.54) is 18.2 Å². The zero-order valence-electron chi connectivity index (χ0n) is 9.50. The minimum Gasteiger partial charge on any atom is -0.392 e. The molecule has 1 aromatic rings. The number of hydrogen-bond acceptors (Lipinski definition) is 5. The molecule has 1 aliphatic heterocycles. The van der Waals surface area contributed by atoms with Crippen LogP contribution < -0.4 is 10.6 Å². The molecule has 1 fully saturated rings. The van der Waals surface area contributed by atoms with Crippen LogP contribution in [0.15, 0.2) is 24.3 Å². The molecule has 18 heavy (non-hydrogen) atoms. The lowest BCUT2D eigenvalue weighted by atomic mass is 10.2. The third kappa shape index (κ3) is 2.63. The summed E-state index contributed by atoms with van der Waals surface area (Å²) in [6.07, 6.45) is -0.238. The number of amides is 1. The first-order valence-corrected chi connectivity index (χ1v) is 5.53. The number of nitro benzene ring substituents is 1. The fourth-order valence-electron chi connectivity index (χ4n) is 1.88. The van der Waals surface area contributed by atoms with Crippen LogP contribution in [0.3, 0.4) is 0 Å². The highest BCUT2D eigenvalue weighted by Gasteiger charge is 2.29. The number of benzene rings is 1. The number of anilines is 1. The summed E-state index contributed by atoms with van der Waals surface area (Å²) in [6, 6.07) is 5.43. The monoisotopic (exact) mass is 251 g/mol. The van der Waals surface area contributed by atoms with E-state index in [4.69, 9.17) is 0 Å². The molecule has 2 rings (SSSR count). The second-order valence-corrected chi connectivity index (χ2v) is 4.11. The number of para-hydroxylation sites is 2. The second kappa shape index (κ2) is 5.11. The molecule has 2 atom stereocenters. The van der Waals surface area contributed by atoms with Crippen molar-refractivity contribution in [1.82, 2.24) is 5.32 Å². The largest absolute Gasteiger partial charge is 0.392 e. The first-order valence-electron chi connectivity index (χ1n) is 5.53. The average molecular weight is 251 g/mol. The smallest absolute Gasteiger partial charge is 0.292 e. The lowest BCUT2D eigenvalue weighted by Gasteiger charge is -2.10. The lowest BCUT2D eigenvalue weighted by Crippen LogP contribution is -2.35. The topological polar surface area (TPSA) is 104 Å². The predicted octanol–water partition coefficient (Wildman–Crippen LogP) is 0.256. The average Bonchev–Trinajstić information content (AvgIpc) is 2.76. The van der Waals surface area contributed by atoms with Gasteiger partial charge in [-0.1, -0.05) is 12.1 Å². The Labute approximate surface area is 103 Å². The van der Waals surface area contributed by atoms with E-state index in [-0.39, 0.29) is 17.3 Å². The van der Waals surface area contributed by atoms with Gasteiger partial charge in [0.2, 0.25) is 5.91 Å². The van der Waals surface area contributed by atoms with Gasteiger partial charge in [-0.15, -0.1) is 0 Å². The van der Waals surface area contributed by atoms with Crippen molar-refractivity contribution in [3.63, 3.8) is 0 Å². The number of rotatable bonds is 3. The fraction of sp³-hybridized carbons (Fsp3) is 0.364. The summed E-state index contributed by atoms with van der Waals surface area (Å²) in [6.45, 7) is 0.356. The molecule has 7 nitrogen and oxygen atoms in total. The van der Waals surface area contributed by atoms with Crippen molar-refractivity contribution >= 4 is 17.3 Å². The van der Waals surface area contributed by atoms with Crippen LogP contribution >= 0.6 is 0 Å². The van der Waals surface area contributed by atoms with Crippen molar-refractivity contribution in [1.29, 1.82) is 0 Å². The SMILES string of the molecule is O=C(Nc1ccccc1[N+](=O)[O-])C1CC(O)CN1. The summed E-state index contributed by atoms with van der Waals surface area (Å²) in [4.78, 5) is 22.1. The Morgan fingerprint density at radius 1 is 1.50 bits per heavy atom. The Morgan fingerprint density at radius 2 is 2.22 bits per heavy atom. The van der Waals surface area contributed by atoms with Crippen molar-refractivity contribution in [3.8, 4) is 0 Å². The van der Waals surface area contributed by atoms with Crippen LogP contribution in [0.25, 0.3) is 0 Å². The van der Waals surface area contributed by atoms with Crippen molar-refractivity contribution < 1.29 is 14.8 Å². The van der Waals surface area contributed by atoms with Crippen LogP contribution in [0.4, 0.5) is 11.4 Å². The quantitative estimate of drug-likeness (QED) is 0.528. The lowest BCUT2D eigenvalue weighted by molar-refractivity contribution is -0.383. The van der Waals surface area contributed by atoms with Gasteiger partial charge < -0.3 is 15.7 Å². The summed E-state index contributed by atoms with van der Waals surface area (Å²) < 4.78 is 0. The predicted molar refractivity (Wildman–Crippen MR) is 64.1 cm³/mol. The van der Waals surface area contributed by atoms with Gasteiger partial charge >= 0.3 is 0 Å². The van der Waals surface area contributed by atoms with E-state index in [0.717, 1.165) is 0 Å². The van der Waals surface area contributed by atoms with Gasteiger partial charge in [-0.3, -0.25) is 14.9 Å². The summed E-state index contributed by atoms with van der Waals surface area (Å²) in [7, 11) is 0. The van der Waals surface area contributed by atoms with Crippen molar-refractivity contribution in [2.45, 2.75) is 18.6 Å². The highest BCUT2D eigenvalue weighted by molar-refractivity contribution is 5.96. The number of aliphatic hydroxyl groups excluding tert-OH is 1. The highest BCUT2D eigenvalue weighted by Crippen LogP contribution is 2.23. The van der Waals surface area contributed by atoms with Gasteiger partial charge in [-0.05, 0) is 12.5 Å². The number of aliphatic hydroxyl groups is 1. The third-order valence-electron chi connectivity index (χ3n) is 2.78. The first kappa shape index (κ1) is 12.5. The van der Waals surface area contributed by atoms with Crippen molar-refractivity contribution in [2.75, 3.05) is 11.9 Å². The number of nitrogens with one attached hydrogen (secondary N) is 2. The van der Waals surface area contributed by atoms with Crippen LogP contribution in [-0.4, -0.2) is 34.6 Å². The van der Waals surface area contributed by atoms with E-state index in [1.807, 2.05) is 0 Å². The van der Waals surface area contributed by atoms with Gasteiger partial charge in [-0.2, -0.15) is 0 Å². The van der Waals surface area contributed by atoms with Gasteiger partial charge in [0.05, 0.1) is 17.1 Å². The zero-order valence-corrected chi connectivity index (χ0v) is 9.50. The highest BCUT2D eigenvalue weighted by atomic mass is 16.6. The number of nitro groups is 1. The second-order valence-electron chi connectivity index (χ2n) is 4.11. The van der Waals surface area contributed by atoms with E-state index in [0.29, 0.717) is 13.0 Å². The molecule has 0 aliphatic carbocycles. The summed E-state index contributed by atoms with van der Waals surface area (Å²) in [5, 5.41) is 25.4. The number of nitrogens with zero attached hydrogens (tertiary/aromatic N) is 1. The number of hydrogen-bond donors (Lipinski definition) is 3. The molecule has 0 spiro atoms. The Balaban J connectivity index is 2.09. The summed E-state index contributed by atoms with van der Waals surface area (Å²) in [5.41, 5.74) is 0.0140. The molecule has 0 saturated carbocycles. The molecule has 2 unspecified atom stereocenters. The summed E-state index contributed by atoms with van der Waals surface area (Å²) >= 11 is 0. The number of carbonyl (C=O) groups excluding carboxylic acids is 1. The molecular weight excluding hydrogens is 238 g/mol. The zero-order chi connectivity index (χ0) is 13.1. The van der Waals surface area contributed by atoms with Crippen molar-refractivity contribution in [2.24, 2.45) is 0 Å². The maximum absolute atomic E-state index is 11.8. The Kier molecular flexibility index (Phi) is 3.54. The van der Waals surface area contributed by atoms with Gasteiger partial charge in [0.15, 0.2) is 0 Å². The van der Waals surface area contributed by atoms with Crippen LogP contribution in [0, 0.1) is 10.1 Å². The van der Waals surface area contributed by atoms with Crippen LogP contribution in [-0.2, 0) is 4.79 Å². The molecule has 7 heteroatoms. The molecule has 0 aromatic heterocycles. The van der Waals surface area contributed by atoms with Crippen LogP contribution in [0.2, 0.25) is 0 Å². The molecule has 1 saturated heterocycles. The van der Waals surface area contributed by atoms with E-state index >= 15 is 0 Å². The van der Waals surface area contributed by atoms with E-state index in [9.17, 15) is 20.0 Å². The van der Waals surface area contributed by atoms with E-state index < -0.39 is 17.1 Å². The molecule has 1 heterocycles. The fourth-order valence-corrected chi connectivity index (χ4v) is 1.88. The minimum absolute atomic E-state index is 0.149. The molecule has 96 valence electrons. The Bertz CT molecular complexity index is 477. The maximum Gasteiger partial charge on any atom is 0.292 e. The minimum atomic E-state index is -0.550. The van der Waals surface area contributed by atoms with Crippen LogP contribution in [0.1, 0.15) is 6.42 Å². The standard InChI is InChI=1S/C11H13N3O4/c15-7-5-9(12-6-7)11(16)13-8-3-1-2-4-10(8)14(17)18/h1-4,7,9,12,15H,5-6H2,(H,13,16). The maximum atomic E-state index is 11.8. The van der Waals surface area contributed by atoms with Crippen molar-refractivity contribution in [3.05, 3.63) is 34.4 Å². The first-order chi connectivity index (χ1) is 8.58. The van der Waals surface area contributed by atoms with Gasteiger partial charge in [0.25, 0.3) is 5.69 Å². The Morgan fingerprint density at radius 3 is 2.83 bits per heavy atom. The molecule has 0 radical (unpaired) electrons. The third-order valence-corrected chi connectivity index (χ3v) is 2.78. The Hall–Kier alpha value is -1.99. The molecule has 3 N–H and O–H groups in total. The van der Waals surface area contributed by atoms with Gasteiger partial charge in [0, 0.05) is 12.6 Å². The number of carbonyl (C=O) groups is 1. The molecule has 1 aromatic carbocycles.